The van der Waals surface area contributed by atoms with Crippen molar-refractivity contribution in [3.8, 4) is 11.5 Å². The molecule has 23 heavy (non-hydrogen) atoms. The minimum absolute atomic E-state index is 0.0669. The minimum atomic E-state index is -0.0669. The van der Waals surface area contributed by atoms with Crippen molar-refractivity contribution in [1.29, 1.82) is 0 Å². The highest BCUT2D eigenvalue weighted by Gasteiger charge is 2.45. The van der Waals surface area contributed by atoms with Crippen LogP contribution in [0.15, 0.2) is 54.6 Å². The Hall–Kier alpha value is -2.40. The van der Waals surface area contributed by atoms with Gasteiger partial charge in [-0.25, -0.2) is 0 Å². The van der Waals surface area contributed by atoms with Crippen molar-refractivity contribution < 1.29 is 9.53 Å². The molecule has 0 unspecified atom stereocenters. The second-order valence-corrected chi connectivity index (χ2v) is 6.08. The first kappa shape index (κ1) is 14.2. The lowest BCUT2D eigenvalue weighted by molar-refractivity contribution is -0.119. The molecular formula is C18H16N2O2S. The quantitative estimate of drug-likeness (QED) is 0.808. The Labute approximate surface area is 140 Å². The highest BCUT2D eigenvalue weighted by Crippen LogP contribution is 2.32. The van der Waals surface area contributed by atoms with Crippen molar-refractivity contribution in [1.82, 2.24) is 4.90 Å². The van der Waals surface area contributed by atoms with Crippen LogP contribution in [0.5, 0.6) is 11.5 Å². The zero-order chi connectivity index (χ0) is 15.8. The highest BCUT2D eigenvalue weighted by atomic mass is 32.1. The molecule has 5 heteroatoms. The van der Waals surface area contributed by atoms with Gasteiger partial charge < -0.3 is 9.64 Å². The molecule has 2 heterocycles. The van der Waals surface area contributed by atoms with Gasteiger partial charge >= 0.3 is 0 Å². The second kappa shape index (κ2) is 5.66. The molecule has 2 fully saturated rings. The predicted molar refractivity (Wildman–Crippen MR) is 92.8 cm³/mol. The van der Waals surface area contributed by atoms with Gasteiger partial charge in [-0.1, -0.05) is 18.2 Å². The molecule has 2 saturated heterocycles. The number of anilines is 1. The fourth-order valence-electron chi connectivity index (χ4n) is 3.15. The smallest absolute Gasteiger partial charge is 0.256 e. The van der Waals surface area contributed by atoms with Crippen LogP contribution >= 0.6 is 12.2 Å². The fourth-order valence-corrected chi connectivity index (χ4v) is 3.56. The SMILES string of the molecule is O=C1[C@@H]2CCCN2C(=S)N1c1ccc(Oc2ccccc2)cc1. The molecule has 4 rings (SSSR count). The van der Waals surface area contributed by atoms with E-state index in [4.69, 9.17) is 17.0 Å². The molecule has 4 nitrogen and oxygen atoms in total. The summed E-state index contributed by atoms with van der Waals surface area (Å²) in [5.41, 5.74) is 0.801. The minimum Gasteiger partial charge on any atom is -0.457 e. The average Bonchev–Trinajstić information content (AvgIpc) is 3.14. The summed E-state index contributed by atoms with van der Waals surface area (Å²) in [6, 6.07) is 17.0. The van der Waals surface area contributed by atoms with E-state index in [0.29, 0.717) is 5.11 Å². The summed E-state index contributed by atoms with van der Waals surface area (Å²) in [5, 5.41) is 0.620. The molecule has 2 aromatic rings. The fraction of sp³-hybridized carbons (Fsp3) is 0.222. The van der Waals surface area contributed by atoms with E-state index in [9.17, 15) is 4.79 Å². The van der Waals surface area contributed by atoms with E-state index in [0.717, 1.165) is 36.6 Å². The molecular weight excluding hydrogens is 308 g/mol. The van der Waals surface area contributed by atoms with Crippen molar-refractivity contribution in [3.63, 3.8) is 0 Å². The summed E-state index contributed by atoms with van der Waals surface area (Å²) in [7, 11) is 0. The van der Waals surface area contributed by atoms with E-state index in [2.05, 4.69) is 0 Å². The Morgan fingerprint density at radius 3 is 2.39 bits per heavy atom. The van der Waals surface area contributed by atoms with Crippen LogP contribution in [-0.4, -0.2) is 28.5 Å². The van der Waals surface area contributed by atoms with Gasteiger partial charge in [0.25, 0.3) is 5.91 Å². The molecule has 0 aromatic heterocycles. The standard InChI is InChI=1S/C18H16N2O2S/c21-17-16-7-4-12-19(16)18(23)20(17)13-8-10-15(11-9-13)22-14-5-2-1-3-6-14/h1-3,5-6,8-11,16H,4,7,12H2/t16-/m0/s1. The zero-order valence-corrected chi connectivity index (χ0v) is 13.3. The number of amides is 1. The predicted octanol–water partition coefficient (Wildman–Crippen LogP) is 3.57. The number of carbonyl (C=O) groups is 1. The molecule has 0 saturated carbocycles. The van der Waals surface area contributed by atoms with Gasteiger partial charge in [-0.05, 0) is 61.5 Å². The van der Waals surface area contributed by atoms with Crippen LogP contribution in [0.2, 0.25) is 0 Å². The molecule has 2 aliphatic heterocycles. The van der Waals surface area contributed by atoms with Gasteiger partial charge in [0.05, 0.1) is 5.69 Å². The largest absolute Gasteiger partial charge is 0.457 e. The average molecular weight is 324 g/mol. The second-order valence-electron chi connectivity index (χ2n) is 5.72. The molecule has 0 N–H and O–H groups in total. The number of carbonyl (C=O) groups excluding carboxylic acids is 1. The maximum absolute atomic E-state index is 12.5. The van der Waals surface area contributed by atoms with Crippen molar-refractivity contribution in [2.45, 2.75) is 18.9 Å². The Kier molecular flexibility index (Phi) is 3.50. The first-order chi connectivity index (χ1) is 11.2. The summed E-state index contributed by atoms with van der Waals surface area (Å²) in [4.78, 5) is 16.2. The number of thiocarbonyl (C=S) groups is 1. The first-order valence-corrected chi connectivity index (χ1v) is 8.12. The molecule has 0 radical (unpaired) electrons. The van der Waals surface area contributed by atoms with E-state index in [1.165, 1.54) is 0 Å². The van der Waals surface area contributed by atoms with Crippen molar-refractivity contribution in [3.05, 3.63) is 54.6 Å². The summed E-state index contributed by atoms with van der Waals surface area (Å²) < 4.78 is 5.78. The Morgan fingerprint density at radius 1 is 1.00 bits per heavy atom. The van der Waals surface area contributed by atoms with E-state index < -0.39 is 0 Å². The number of hydrogen-bond donors (Lipinski definition) is 0. The Bertz CT molecular complexity index is 723. The van der Waals surface area contributed by atoms with Gasteiger partial charge in [-0.3, -0.25) is 9.69 Å². The molecule has 2 aromatic carbocycles. The maximum atomic E-state index is 12.5. The van der Waals surface area contributed by atoms with Crippen molar-refractivity contribution in [2.75, 3.05) is 11.4 Å². The van der Waals surface area contributed by atoms with Crippen LogP contribution in [0.1, 0.15) is 12.8 Å². The van der Waals surface area contributed by atoms with Gasteiger partial charge in [0.1, 0.15) is 17.5 Å². The van der Waals surface area contributed by atoms with Gasteiger partial charge in [-0.15, -0.1) is 0 Å². The van der Waals surface area contributed by atoms with Crippen molar-refractivity contribution >= 4 is 28.9 Å². The Morgan fingerprint density at radius 2 is 1.70 bits per heavy atom. The lowest BCUT2D eigenvalue weighted by atomic mass is 10.2. The number of fused-ring (bicyclic) bond motifs is 1. The van der Waals surface area contributed by atoms with Crippen molar-refractivity contribution in [2.24, 2.45) is 0 Å². The monoisotopic (exact) mass is 324 g/mol. The lowest BCUT2D eigenvalue weighted by Gasteiger charge is -2.19. The summed E-state index contributed by atoms with van der Waals surface area (Å²) in [6.07, 6.45) is 1.93. The van der Waals surface area contributed by atoms with Crippen LogP contribution < -0.4 is 9.64 Å². The number of para-hydroxylation sites is 1. The third-order valence-electron chi connectivity index (χ3n) is 4.27. The normalized spacial score (nSPS) is 20.1. The number of rotatable bonds is 3. The number of benzene rings is 2. The molecule has 116 valence electrons. The number of ether oxygens (including phenoxy) is 1. The van der Waals surface area contributed by atoms with Crippen LogP contribution in [-0.2, 0) is 4.79 Å². The number of hydrogen-bond acceptors (Lipinski definition) is 3. The van der Waals surface area contributed by atoms with Crippen LogP contribution in [0, 0.1) is 0 Å². The summed E-state index contributed by atoms with van der Waals surface area (Å²) in [5.74, 6) is 1.61. The van der Waals surface area contributed by atoms with E-state index in [1.54, 1.807) is 4.90 Å². The summed E-state index contributed by atoms with van der Waals surface area (Å²) >= 11 is 5.47. The third kappa shape index (κ3) is 2.47. The van der Waals surface area contributed by atoms with Crippen LogP contribution in [0.25, 0.3) is 0 Å². The van der Waals surface area contributed by atoms with E-state index in [1.807, 2.05) is 59.5 Å². The topological polar surface area (TPSA) is 32.8 Å². The maximum Gasteiger partial charge on any atom is 0.256 e. The van der Waals surface area contributed by atoms with E-state index >= 15 is 0 Å². The third-order valence-corrected chi connectivity index (χ3v) is 4.69. The molecule has 0 aliphatic carbocycles. The van der Waals surface area contributed by atoms with Crippen LogP contribution in [0.4, 0.5) is 5.69 Å². The van der Waals surface area contributed by atoms with E-state index in [-0.39, 0.29) is 11.9 Å². The molecule has 2 aliphatic rings. The zero-order valence-electron chi connectivity index (χ0n) is 12.5. The lowest BCUT2D eigenvalue weighted by Crippen LogP contribution is -2.32. The van der Waals surface area contributed by atoms with Gasteiger partial charge in [-0.2, -0.15) is 0 Å². The van der Waals surface area contributed by atoms with Gasteiger partial charge in [0, 0.05) is 6.54 Å². The van der Waals surface area contributed by atoms with Gasteiger partial charge in [0.2, 0.25) is 0 Å². The molecule has 0 spiro atoms. The molecule has 0 bridgehead atoms. The Balaban J connectivity index is 1.54. The summed E-state index contributed by atoms with van der Waals surface area (Å²) in [6.45, 7) is 0.876. The molecule has 1 atom stereocenters. The molecule has 1 amide bonds. The highest BCUT2D eigenvalue weighted by molar-refractivity contribution is 7.80. The number of nitrogens with zero attached hydrogens (tertiary/aromatic N) is 2. The van der Waals surface area contributed by atoms with Gasteiger partial charge in [0.15, 0.2) is 5.11 Å². The van der Waals surface area contributed by atoms with Crippen LogP contribution in [0.3, 0.4) is 0 Å². The first-order valence-electron chi connectivity index (χ1n) is 7.71.